The van der Waals surface area contributed by atoms with E-state index in [1.807, 2.05) is 0 Å². The van der Waals surface area contributed by atoms with Gasteiger partial charge in [-0.3, -0.25) is 0 Å². The summed E-state index contributed by atoms with van der Waals surface area (Å²) in [4.78, 5) is 0. The minimum Gasteiger partial charge on any atom is -0.375 e. The standard InChI is InChI=1S/C4H7O3S2/c1-3-4(8)7-9(2,5)6/h1,3H2,2H3. The summed E-state index contributed by atoms with van der Waals surface area (Å²) < 4.78 is 24.8. The first kappa shape index (κ1) is 8.84. The van der Waals surface area contributed by atoms with E-state index in [0.29, 0.717) is 0 Å². The van der Waals surface area contributed by atoms with E-state index >= 15 is 0 Å². The molecule has 0 rings (SSSR count). The van der Waals surface area contributed by atoms with Crippen molar-refractivity contribution in [3.05, 3.63) is 6.92 Å². The summed E-state index contributed by atoms with van der Waals surface area (Å²) in [6, 6.07) is 0. The lowest BCUT2D eigenvalue weighted by molar-refractivity contribution is 0.491. The lowest BCUT2D eigenvalue weighted by Crippen LogP contribution is -2.07. The molecule has 0 aliphatic rings. The Kier molecular flexibility index (Phi) is 3.07. The lowest BCUT2D eigenvalue weighted by atomic mass is 10.5. The average Bonchev–Trinajstić information content (AvgIpc) is 1.62. The highest BCUT2D eigenvalue weighted by Crippen LogP contribution is 1.93. The fraction of sp³-hybridized carbons (Fsp3) is 0.500. The van der Waals surface area contributed by atoms with Crippen LogP contribution < -0.4 is 0 Å². The first-order valence-corrected chi connectivity index (χ1v) is 4.39. The topological polar surface area (TPSA) is 43.4 Å². The Bertz CT molecular complexity index is 192. The minimum atomic E-state index is -3.42. The highest BCUT2D eigenvalue weighted by atomic mass is 32.2. The molecule has 0 saturated heterocycles. The molecular formula is C4H7O3S2. The smallest absolute Gasteiger partial charge is 0.306 e. The Balaban J connectivity index is 3.91. The number of hydrogen-bond donors (Lipinski definition) is 0. The Morgan fingerprint density at radius 2 is 2.22 bits per heavy atom. The SMILES string of the molecule is [CH2]CC(=S)OS(C)(=O)=O. The normalized spacial score (nSPS) is 10.9. The van der Waals surface area contributed by atoms with Gasteiger partial charge in [0.15, 0.2) is 5.05 Å². The molecule has 0 heterocycles. The zero-order chi connectivity index (χ0) is 7.49. The quantitative estimate of drug-likeness (QED) is 0.444. The summed E-state index contributed by atoms with van der Waals surface area (Å²) in [5, 5.41) is -0.00231. The predicted octanol–water partition coefficient (Wildman–Crippen LogP) is 0.514. The predicted molar refractivity (Wildman–Crippen MR) is 38.5 cm³/mol. The van der Waals surface area contributed by atoms with Gasteiger partial charge in [-0.25, -0.2) is 0 Å². The van der Waals surface area contributed by atoms with Gasteiger partial charge in [0.1, 0.15) is 0 Å². The van der Waals surface area contributed by atoms with Crippen LogP contribution in [0.4, 0.5) is 0 Å². The second-order valence-corrected chi connectivity index (χ2v) is 3.44. The maximum absolute atomic E-state index is 10.3. The fourth-order valence-corrected chi connectivity index (χ4v) is 1.00. The van der Waals surface area contributed by atoms with Crippen LogP contribution in [0.1, 0.15) is 6.42 Å². The monoisotopic (exact) mass is 167 g/mol. The molecule has 0 unspecified atom stereocenters. The van der Waals surface area contributed by atoms with Gasteiger partial charge in [0.25, 0.3) is 0 Å². The van der Waals surface area contributed by atoms with E-state index < -0.39 is 10.1 Å². The zero-order valence-corrected chi connectivity index (χ0v) is 6.59. The second kappa shape index (κ2) is 3.12. The second-order valence-electron chi connectivity index (χ2n) is 1.41. The van der Waals surface area contributed by atoms with E-state index in [1.165, 1.54) is 0 Å². The molecule has 0 amide bonds. The Morgan fingerprint density at radius 3 is 2.33 bits per heavy atom. The molecule has 0 aromatic carbocycles. The van der Waals surface area contributed by atoms with Crippen LogP contribution in [0.25, 0.3) is 0 Å². The van der Waals surface area contributed by atoms with Gasteiger partial charge in [-0.1, -0.05) is 0 Å². The van der Waals surface area contributed by atoms with E-state index in [9.17, 15) is 8.42 Å². The molecular weight excluding hydrogens is 160 g/mol. The molecule has 0 atom stereocenters. The van der Waals surface area contributed by atoms with Gasteiger partial charge in [-0.05, 0) is 19.1 Å². The van der Waals surface area contributed by atoms with Gasteiger partial charge in [0.05, 0.1) is 6.26 Å². The maximum Gasteiger partial charge on any atom is 0.306 e. The summed E-state index contributed by atoms with van der Waals surface area (Å²) >= 11 is 4.44. The Hall–Kier alpha value is -0.160. The molecule has 0 aromatic rings. The largest absolute Gasteiger partial charge is 0.375 e. The van der Waals surface area contributed by atoms with Crippen molar-refractivity contribution in [2.24, 2.45) is 0 Å². The van der Waals surface area contributed by atoms with E-state index in [-0.39, 0.29) is 11.5 Å². The van der Waals surface area contributed by atoms with E-state index in [0.717, 1.165) is 6.26 Å². The number of thiocarbonyl (C=S) groups is 1. The molecule has 0 aliphatic carbocycles. The molecule has 3 nitrogen and oxygen atoms in total. The Morgan fingerprint density at radius 1 is 1.78 bits per heavy atom. The van der Waals surface area contributed by atoms with Gasteiger partial charge in [-0.15, -0.1) is 0 Å². The van der Waals surface area contributed by atoms with Crippen molar-refractivity contribution in [3.63, 3.8) is 0 Å². The van der Waals surface area contributed by atoms with Crippen LogP contribution in [0.3, 0.4) is 0 Å². The third kappa shape index (κ3) is 5.72. The van der Waals surface area contributed by atoms with Crippen LogP contribution in [0.5, 0.6) is 0 Å². The van der Waals surface area contributed by atoms with Crippen molar-refractivity contribution in [1.82, 2.24) is 0 Å². The van der Waals surface area contributed by atoms with E-state index in [1.54, 1.807) is 0 Å². The molecule has 0 bridgehead atoms. The molecule has 9 heavy (non-hydrogen) atoms. The average molecular weight is 167 g/mol. The molecule has 53 valence electrons. The highest BCUT2D eigenvalue weighted by Gasteiger charge is 2.03. The van der Waals surface area contributed by atoms with Gasteiger partial charge < -0.3 is 4.18 Å². The summed E-state index contributed by atoms with van der Waals surface area (Å²) in [5.41, 5.74) is 0. The van der Waals surface area contributed by atoms with Crippen LogP contribution in [0.15, 0.2) is 0 Å². The highest BCUT2D eigenvalue weighted by molar-refractivity contribution is 7.88. The van der Waals surface area contributed by atoms with Crippen LogP contribution >= 0.6 is 12.2 Å². The third-order valence-corrected chi connectivity index (χ3v) is 1.35. The van der Waals surface area contributed by atoms with Crippen LogP contribution in [0.2, 0.25) is 0 Å². The summed E-state index contributed by atoms with van der Waals surface area (Å²) in [6.45, 7) is 3.34. The van der Waals surface area contributed by atoms with Gasteiger partial charge in [-0.2, -0.15) is 8.42 Å². The first-order valence-electron chi connectivity index (χ1n) is 2.17. The molecule has 0 saturated carbocycles. The molecule has 5 heteroatoms. The summed E-state index contributed by atoms with van der Waals surface area (Å²) in [7, 11) is -3.42. The van der Waals surface area contributed by atoms with Crippen molar-refractivity contribution in [1.29, 1.82) is 0 Å². The molecule has 0 aliphatic heterocycles. The van der Waals surface area contributed by atoms with Crippen LogP contribution in [-0.2, 0) is 14.3 Å². The fourth-order valence-electron chi connectivity index (χ4n) is 0.211. The summed E-state index contributed by atoms with van der Waals surface area (Å²) in [6.07, 6.45) is 1.14. The minimum absolute atomic E-state index is 0.00231. The Labute approximate surface area is 60.1 Å². The number of hydrogen-bond acceptors (Lipinski definition) is 4. The molecule has 1 radical (unpaired) electrons. The molecule has 0 fully saturated rings. The van der Waals surface area contributed by atoms with Crippen LogP contribution in [-0.4, -0.2) is 19.7 Å². The number of rotatable bonds is 2. The van der Waals surface area contributed by atoms with Crippen molar-refractivity contribution in [3.8, 4) is 0 Å². The first-order chi connectivity index (χ1) is 3.95. The maximum atomic E-state index is 10.3. The molecule has 0 N–H and O–H groups in total. The van der Waals surface area contributed by atoms with Crippen molar-refractivity contribution < 1.29 is 12.6 Å². The molecule has 0 spiro atoms. The van der Waals surface area contributed by atoms with E-state index in [4.69, 9.17) is 0 Å². The van der Waals surface area contributed by atoms with Gasteiger partial charge in [0, 0.05) is 6.42 Å². The molecule has 0 aromatic heterocycles. The third-order valence-electron chi connectivity index (χ3n) is 0.448. The van der Waals surface area contributed by atoms with Crippen molar-refractivity contribution >= 4 is 27.4 Å². The van der Waals surface area contributed by atoms with Crippen LogP contribution in [0, 0.1) is 6.92 Å². The van der Waals surface area contributed by atoms with Gasteiger partial charge in [0.2, 0.25) is 0 Å². The van der Waals surface area contributed by atoms with Crippen molar-refractivity contribution in [2.45, 2.75) is 6.42 Å². The zero-order valence-electron chi connectivity index (χ0n) is 4.96. The summed E-state index contributed by atoms with van der Waals surface area (Å²) in [5.74, 6) is 0. The lowest BCUT2D eigenvalue weighted by Gasteiger charge is -1.98. The van der Waals surface area contributed by atoms with Gasteiger partial charge >= 0.3 is 10.1 Å². The van der Waals surface area contributed by atoms with E-state index in [2.05, 4.69) is 23.3 Å². The van der Waals surface area contributed by atoms with Crippen molar-refractivity contribution in [2.75, 3.05) is 6.26 Å².